The van der Waals surface area contributed by atoms with Gasteiger partial charge in [-0.3, -0.25) is 5.73 Å². The number of rotatable bonds is 1. The Morgan fingerprint density at radius 2 is 2.19 bits per heavy atom. The Morgan fingerprint density at radius 1 is 1.44 bits per heavy atom. The van der Waals surface area contributed by atoms with E-state index in [-0.39, 0.29) is 24.0 Å². The summed E-state index contributed by atoms with van der Waals surface area (Å²) >= 11 is 1.44. The van der Waals surface area contributed by atoms with Gasteiger partial charge in [0.05, 0.1) is 0 Å². The van der Waals surface area contributed by atoms with Gasteiger partial charge in [-0.1, -0.05) is 6.07 Å². The van der Waals surface area contributed by atoms with Crippen LogP contribution in [0.4, 0.5) is 5.69 Å². The zero-order chi connectivity index (χ0) is 10.8. The lowest BCUT2D eigenvalue weighted by Crippen LogP contribution is -3.00. The molecule has 0 saturated heterocycles. The predicted octanol–water partition coefficient (Wildman–Crippen LogP) is -3.07. The molecule has 0 aliphatic heterocycles. The molecule has 0 fully saturated rings. The van der Waals surface area contributed by atoms with Crippen LogP contribution in [0.5, 0.6) is 0 Å². The molecule has 0 radical (unpaired) electrons. The van der Waals surface area contributed by atoms with Crippen molar-refractivity contribution in [2.45, 2.75) is 6.92 Å². The average Bonchev–Trinajstić information content (AvgIpc) is 2.70. The van der Waals surface area contributed by atoms with Crippen molar-refractivity contribution in [2.24, 2.45) is 5.73 Å². The van der Waals surface area contributed by atoms with Crippen molar-refractivity contribution in [2.75, 3.05) is 6.26 Å². The minimum absolute atomic E-state index is 0. The summed E-state index contributed by atoms with van der Waals surface area (Å²) in [6.45, 7) is 1.98. The Morgan fingerprint density at radius 3 is 2.88 bits per heavy atom. The van der Waals surface area contributed by atoms with Gasteiger partial charge in [0.25, 0.3) is 0 Å². The second-order valence-electron chi connectivity index (χ2n) is 3.08. The molecule has 0 amide bonds. The van der Waals surface area contributed by atoms with Gasteiger partial charge in [0, 0.05) is 0 Å². The fourth-order valence-corrected chi connectivity index (χ4v) is 1.49. The summed E-state index contributed by atoms with van der Waals surface area (Å²) < 4.78 is 4.68. The van der Waals surface area contributed by atoms with E-state index < -0.39 is 0 Å². The normalized spacial score (nSPS) is 11.5. The third-order valence-electron chi connectivity index (χ3n) is 2.10. The van der Waals surface area contributed by atoms with E-state index in [0.29, 0.717) is 10.7 Å². The molecule has 86 valence electrons. The van der Waals surface area contributed by atoms with Gasteiger partial charge in [0.2, 0.25) is 0 Å². The van der Waals surface area contributed by atoms with E-state index in [1.165, 1.54) is 11.8 Å². The first-order valence-corrected chi connectivity index (χ1v) is 5.60. The molecule has 16 heavy (non-hydrogen) atoms. The quantitative estimate of drug-likeness (QED) is 0.324. The zero-order valence-corrected chi connectivity index (χ0v) is 11.8. The Kier molecular flexibility index (Phi) is 4.54. The van der Waals surface area contributed by atoms with Gasteiger partial charge in [-0.05, 0) is 46.9 Å². The van der Waals surface area contributed by atoms with Crippen molar-refractivity contribution in [1.82, 2.24) is 10.3 Å². The van der Waals surface area contributed by atoms with Crippen LogP contribution in [0.15, 0.2) is 16.8 Å². The van der Waals surface area contributed by atoms with Crippen LogP contribution in [0.2, 0.25) is 0 Å². The van der Waals surface area contributed by atoms with Gasteiger partial charge in [0.1, 0.15) is 5.52 Å². The van der Waals surface area contributed by atoms with Crippen molar-refractivity contribution in [1.29, 1.82) is 0 Å². The number of hydrogen-bond acceptors (Lipinski definition) is 4. The Bertz CT molecular complexity index is 525. The molecule has 1 heterocycles. The first-order chi connectivity index (χ1) is 7.22. The molecular weight excluding hydrogens is 339 g/mol. The molecule has 7 heteroatoms. The van der Waals surface area contributed by atoms with Crippen LogP contribution in [0, 0.1) is 6.92 Å². The van der Waals surface area contributed by atoms with Gasteiger partial charge in [-0.25, -0.2) is 9.62 Å². The lowest BCUT2D eigenvalue weighted by Gasteiger charge is -1.97. The van der Waals surface area contributed by atoms with Gasteiger partial charge < -0.3 is 24.0 Å². The van der Waals surface area contributed by atoms with Crippen LogP contribution in [0.3, 0.4) is 0 Å². The first kappa shape index (κ1) is 13.2. The van der Waals surface area contributed by atoms with Gasteiger partial charge in [-0.15, -0.1) is 0 Å². The number of fused-ring (bicyclic) bond motifs is 1. The predicted molar refractivity (Wildman–Crippen MR) is 59.9 cm³/mol. The molecule has 2 rings (SSSR count). The van der Waals surface area contributed by atoms with Crippen LogP contribution in [-0.4, -0.2) is 21.7 Å². The van der Waals surface area contributed by atoms with E-state index in [4.69, 9.17) is 5.73 Å². The molecule has 1 aromatic heterocycles. The van der Waals surface area contributed by atoms with Gasteiger partial charge in [-0.2, -0.15) is 0 Å². The minimum atomic E-state index is 0. The number of benzene rings is 1. The summed E-state index contributed by atoms with van der Waals surface area (Å²) in [4.78, 5) is 3.08. The number of hydrogen-bond donors (Lipinski definition) is 2. The molecule has 2 aromatic rings. The average molecular weight is 350 g/mol. The highest BCUT2D eigenvalue weighted by atomic mass is 127. The van der Waals surface area contributed by atoms with Crippen LogP contribution in [-0.2, 0) is 0 Å². The third kappa shape index (κ3) is 2.46. The van der Waals surface area contributed by atoms with E-state index in [2.05, 4.69) is 19.9 Å². The number of aromatic nitrogens is 2. The number of halogens is 1. The van der Waals surface area contributed by atoms with E-state index in [9.17, 15) is 0 Å². The second kappa shape index (κ2) is 5.48. The van der Waals surface area contributed by atoms with Crippen molar-refractivity contribution in [3.63, 3.8) is 0 Å². The Hall–Kier alpha value is -0.830. The molecule has 3 N–H and O–H groups in total. The molecule has 0 unspecified atom stereocenters. The van der Waals surface area contributed by atoms with Crippen LogP contribution in [0.25, 0.3) is 11.0 Å². The molecular formula is C9H11IN4OS. The lowest BCUT2D eigenvalue weighted by molar-refractivity contribution is -0.349. The minimum Gasteiger partial charge on any atom is -1.00 e. The number of nitrogens with zero attached hydrogens (tertiary/aromatic N) is 2. The number of thioether (sulfide) groups is 1. The van der Waals surface area contributed by atoms with Crippen molar-refractivity contribution in [3.8, 4) is 0 Å². The van der Waals surface area contributed by atoms with E-state index >= 15 is 0 Å². The Balaban J connectivity index is 0.00000128. The molecule has 0 aliphatic carbocycles. The lowest BCUT2D eigenvalue weighted by atomic mass is 10.2. The maximum absolute atomic E-state index is 5.72. The summed E-state index contributed by atoms with van der Waals surface area (Å²) in [6.07, 6.45) is 1.90. The fraction of sp³-hybridized carbons (Fsp3) is 0.222. The van der Waals surface area contributed by atoms with Crippen molar-refractivity contribution in [3.05, 3.63) is 17.7 Å². The van der Waals surface area contributed by atoms with Crippen LogP contribution < -0.4 is 34.7 Å². The van der Waals surface area contributed by atoms with Crippen LogP contribution >= 0.6 is 11.8 Å². The summed E-state index contributed by atoms with van der Waals surface area (Å²) in [5, 5.41) is 8.23. The Labute approximate surface area is 114 Å². The fourth-order valence-electron chi connectivity index (χ4n) is 1.28. The molecule has 0 spiro atoms. The van der Waals surface area contributed by atoms with Gasteiger partial charge in [0.15, 0.2) is 11.2 Å². The molecule has 0 saturated carbocycles. The highest BCUT2D eigenvalue weighted by Crippen LogP contribution is 2.19. The number of amidine groups is 1. The summed E-state index contributed by atoms with van der Waals surface area (Å²) in [7, 11) is 0. The standard InChI is InChI=1S/C9H10N4OS.HI/c1-5-3-4-6-8(13-14-12-6)7(5)11-9(10)15-2;/h3-4H,1-2H3,(H2,10,11);1H. The largest absolute Gasteiger partial charge is 1.00 e. The zero-order valence-electron chi connectivity index (χ0n) is 8.82. The van der Waals surface area contributed by atoms with Gasteiger partial charge >= 0.3 is 5.17 Å². The first-order valence-electron chi connectivity index (χ1n) is 4.37. The smallest absolute Gasteiger partial charge is 0.306 e. The van der Waals surface area contributed by atoms with Crippen LogP contribution in [0.1, 0.15) is 5.56 Å². The van der Waals surface area contributed by atoms with E-state index in [0.717, 1.165) is 16.8 Å². The summed E-state index contributed by atoms with van der Waals surface area (Å²) in [5.41, 5.74) is 9.04. The highest BCUT2D eigenvalue weighted by Gasteiger charge is 2.11. The highest BCUT2D eigenvalue weighted by molar-refractivity contribution is 8.12. The summed E-state index contributed by atoms with van der Waals surface area (Å²) in [6, 6.07) is 3.81. The molecule has 1 aromatic carbocycles. The van der Waals surface area contributed by atoms with Crippen molar-refractivity contribution >= 4 is 33.7 Å². The molecule has 0 aliphatic rings. The second-order valence-corrected chi connectivity index (χ2v) is 3.93. The number of aryl methyl sites for hydroxylation is 1. The SMILES string of the molecule is CSC(N)=[NH+]c1c(C)ccc2nonc12.[I-]. The number of nitrogens with one attached hydrogen (secondary N) is 1. The van der Waals surface area contributed by atoms with E-state index in [1.54, 1.807) is 0 Å². The monoisotopic (exact) mass is 350 g/mol. The van der Waals surface area contributed by atoms with E-state index in [1.807, 2.05) is 25.3 Å². The maximum Gasteiger partial charge on any atom is 0.306 e. The van der Waals surface area contributed by atoms with Crippen molar-refractivity contribution < 1.29 is 33.6 Å². The number of nitrogens with two attached hydrogens (primary N) is 1. The maximum atomic E-state index is 5.72. The summed E-state index contributed by atoms with van der Waals surface area (Å²) in [5.74, 6) is 0. The topological polar surface area (TPSA) is 78.9 Å². The molecule has 0 bridgehead atoms. The molecule has 0 atom stereocenters. The third-order valence-corrected chi connectivity index (χ3v) is 2.65. The molecule has 5 nitrogen and oxygen atoms in total.